The van der Waals surface area contributed by atoms with Crippen LogP contribution in [-0.2, 0) is 18.9 Å². The van der Waals surface area contributed by atoms with Gasteiger partial charge < -0.3 is 18.9 Å². The van der Waals surface area contributed by atoms with Crippen molar-refractivity contribution in [2.45, 2.75) is 75.8 Å². The summed E-state index contributed by atoms with van der Waals surface area (Å²) < 4.78 is 23.0. The molecular formula is C19H24O6. The molecule has 0 aromatic rings. The van der Waals surface area contributed by atoms with Crippen LogP contribution in [-0.4, -0.2) is 29.8 Å². The lowest BCUT2D eigenvalue weighted by atomic mass is 9.39. The van der Waals surface area contributed by atoms with Crippen molar-refractivity contribution in [3.63, 3.8) is 0 Å². The molecule has 25 heavy (non-hydrogen) atoms. The zero-order chi connectivity index (χ0) is 17.0. The zero-order valence-electron chi connectivity index (χ0n) is 14.5. The Bertz CT molecular complexity index is 659. The third-order valence-electron chi connectivity index (χ3n) is 8.35. The summed E-state index contributed by atoms with van der Waals surface area (Å²) in [6.07, 6.45) is 6.80. The minimum Gasteiger partial charge on any atom is -0.426 e. The summed E-state index contributed by atoms with van der Waals surface area (Å²) in [6.45, 7) is 2.31. The third-order valence-corrected chi connectivity index (χ3v) is 8.35. The quantitative estimate of drug-likeness (QED) is 0.672. The van der Waals surface area contributed by atoms with Gasteiger partial charge in [0.1, 0.15) is 0 Å². The minimum atomic E-state index is -1.12. The van der Waals surface area contributed by atoms with Gasteiger partial charge in [0, 0.05) is 12.3 Å². The summed E-state index contributed by atoms with van der Waals surface area (Å²) in [7, 11) is 0. The van der Waals surface area contributed by atoms with Gasteiger partial charge in [-0.25, -0.2) is 9.59 Å². The van der Waals surface area contributed by atoms with Crippen LogP contribution in [0.3, 0.4) is 0 Å². The highest BCUT2D eigenvalue weighted by Gasteiger charge is 2.89. The molecule has 7 fully saturated rings. The predicted molar refractivity (Wildman–Crippen MR) is 83.4 cm³/mol. The van der Waals surface area contributed by atoms with Crippen LogP contribution in [0.5, 0.6) is 0 Å². The van der Waals surface area contributed by atoms with Crippen molar-refractivity contribution in [2.75, 3.05) is 0 Å². The minimum absolute atomic E-state index is 0.225. The van der Waals surface area contributed by atoms with Gasteiger partial charge >= 0.3 is 18.1 Å². The van der Waals surface area contributed by atoms with E-state index in [1.54, 1.807) is 0 Å². The molecule has 6 nitrogen and oxygen atoms in total. The van der Waals surface area contributed by atoms with Crippen LogP contribution in [0.25, 0.3) is 0 Å². The van der Waals surface area contributed by atoms with Crippen molar-refractivity contribution >= 4 is 12.3 Å². The first kappa shape index (κ1) is 14.7. The van der Waals surface area contributed by atoms with Gasteiger partial charge in [-0.3, -0.25) is 0 Å². The summed E-state index contributed by atoms with van der Waals surface area (Å²) in [6, 6.07) is 0. The van der Waals surface area contributed by atoms with E-state index in [9.17, 15) is 9.59 Å². The standard InChI is InChI=1S/C19H24O6/c1-10-2-4-13(5-3-10)17-7-11-6-12(9-17)14-18(8-11,23-15(20)22-14)19(17)24-16(21)25-19/h10-14H,2-9H2,1H3. The summed E-state index contributed by atoms with van der Waals surface area (Å²) in [5, 5.41) is 0. The van der Waals surface area contributed by atoms with Crippen LogP contribution in [0, 0.1) is 29.1 Å². The molecule has 4 bridgehead atoms. The molecule has 0 aromatic heterocycles. The third kappa shape index (κ3) is 1.47. The maximum Gasteiger partial charge on any atom is 0.515 e. The molecule has 2 heterocycles. The Hall–Kier alpha value is -1.46. The van der Waals surface area contributed by atoms with Gasteiger partial charge in [0.15, 0.2) is 6.10 Å². The van der Waals surface area contributed by atoms with Crippen LogP contribution in [0.4, 0.5) is 9.59 Å². The molecule has 6 heteroatoms. The Balaban J connectivity index is 1.49. The van der Waals surface area contributed by atoms with Gasteiger partial charge in [-0.1, -0.05) is 19.8 Å². The van der Waals surface area contributed by atoms with Crippen LogP contribution in [0.1, 0.15) is 58.3 Å². The van der Waals surface area contributed by atoms with Gasteiger partial charge in [0.05, 0.1) is 5.41 Å². The Kier molecular flexibility index (Phi) is 2.50. The van der Waals surface area contributed by atoms with Crippen molar-refractivity contribution in [2.24, 2.45) is 29.1 Å². The van der Waals surface area contributed by atoms with Gasteiger partial charge in [-0.15, -0.1) is 0 Å². The number of hydrogen-bond acceptors (Lipinski definition) is 6. The second-order valence-electron chi connectivity index (χ2n) is 9.44. The second-order valence-corrected chi connectivity index (χ2v) is 9.44. The number of ether oxygens (including phenoxy) is 4. The normalized spacial score (nSPS) is 54.2. The van der Waals surface area contributed by atoms with Crippen molar-refractivity contribution in [1.29, 1.82) is 0 Å². The molecule has 2 aliphatic heterocycles. The van der Waals surface area contributed by atoms with E-state index in [4.69, 9.17) is 18.9 Å². The monoisotopic (exact) mass is 348 g/mol. The van der Waals surface area contributed by atoms with E-state index in [-0.39, 0.29) is 11.5 Å². The van der Waals surface area contributed by atoms with E-state index in [0.29, 0.717) is 24.2 Å². The van der Waals surface area contributed by atoms with Gasteiger partial charge in [-0.05, 0) is 49.9 Å². The molecule has 0 amide bonds. The lowest BCUT2D eigenvalue weighted by molar-refractivity contribution is -0.450. The lowest BCUT2D eigenvalue weighted by Crippen LogP contribution is -2.85. The summed E-state index contributed by atoms with van der Waals surface area (Å²) >= 11 is 0. The molecule has 5 saturated carbocycles. The fourth-order valence-electron chi connectivity index (χ4n) is 7.65. The van der Waals surface area contributed by atoms with Crippen molar-refractivity contribution in [3.8, 4) is 0 Å². The predicted octanol–water partition coefficient (Wildman–Crippen LogP) is 3.77. The molecule has 2 spiro atoms. The van der Waals surface area contributed by atoms with Crippen molar-refractivity contribution in [3.05, 3.63) is 0 Å². The largest absolute Gasteiger partial charge is 0.515 e. The smallest absolute Gasteiger partial charge is 0.426 e. The summed E-state index contributed by atoms with van der Waals surface area (Å²) in [5.41, 5.74) is -1.15. The number of carbonyl (C=O) groups is 2. The molecule has 0 aromatic carbocycles. The van der Waals surface area contributed by atoms with Gasteiger partial charge in [-0.2, -0.15) is 0 Å². The fraction of sp³-hybridized carbons (Fsp3) is 0.895. The molecule has 7 rings (SSSR count). The zero-order valence-corrected chi connectivity index (χ0v) is 14.5. The number of rotatable bonds is 1. The number of carbonyl (C=O) groups excluding carboxylic acids is 2. The lowest BCUT2D eigenvalue weighted by Gasteiger charge is -2.72. The molecule has 7 aliphatic rings. The maximum atomic E-state index is 12.1. The Morgan fingerprint density at radius 2 is 1.68 bits per heavy atom. The van der Waals surface area contributed by atoms with E-state index < -0.39 is 23.7 Å². The average Bonchev–Trinajstić information content (AvgIpc) is 2.88. The first-order valence-electron chi connectivity index (χ1n) is 9.80. The summed E-state index contributed by atoms with van der Waals surface area (Å²) in [4.78, 5) is 23.9. The van der Waals surface area contributed by atoms with Crippen LogP contribution >= 0.6 is 0 Å². The van der Waals surface area contributed by atoms with Crippen LogP contribution in [0.2, 0.25) is 0 Å². The number of hydrogen-bond donors (Lipinski definition) is 0. The molecule has 5 unspecified atom stereocenters. The maximum absolute atomic E-state index is 12.1. The van der Waals surface area contributed by atoms with E-state index in [1.165, 1.54) is 12.8 Å². The molecule has 0 N–H and O–H groups in total. The van der Waals surface area contributed by atoms with Crippen molar-refractivity contribution < 1.29 is 28.5 Å². The van der Waals surface area contributed by atoms with Gasteiger partial charge in [0.25, 0.3) is 0 Å². The van der Waals surface area contributed by atoms with E-state index in [2.05, 4.69) is 6.92 Å². The van der Waals surface area contributed by atoms with Crippen LogP contribution < -0.4 is 0 Å². The highest BCUT2D eigenvalue weighted by Crippen LogP contribution is 2.75. The molecule has 0 radical (unpaired) electrons. The Labute approximate surface area is 146 Å². The molecule has 2 saturated heterocycles. The average molecular weight is 348 g/mol. The molecular weight excluding hydrogens is 324 g/mol. The molecule has 5 atom stereocenters. The van der Waals surface area contributed by atoms with Crippen molar-refractivity contribution in [1.82, 2.24) is 0 Å². The van der Waals surface area contributed by atoms with Gasteiger partial charge in [0.2, 0.25) is 5.60 Å². The topological polar surface area (TPSA) is 71.1 Å². The Morgan fingerprint density at radius 1 is 0.920 bits per heavy atom. The molecule has 136 valence electrons. The van der Waals surface area contributed by atoms with E-state index in [1.807, 2.05) is 0 Å². The van der Waals surface area contributed by atoms with E-state index >= 15 is 0 Å². The summed E-state index contributed by atoms with van der Waals surface area (Å²) in [5.74, 6) is 0.889. The first-order valence-corrected chi connectivity index (χ1v) is 9.80. The second kappa shape index (κ2) is 4.26. The highest BCUT2D eigenvalue weighted by molar-refractivity contribution is 5.70. The fourth-order valence-corrected chi connectivity index (χ4v) is 7.65. The highest BCUT2D eigenvalue weighted by atomic mass is 16.9. The SMILES string of the molecule is CC1CCC(C23CC4CC(C2)C2OC(=O)OC2(C4)C32OC(=O)O2)CC1. The molecule has 5 aliphatic carbocycles. The van der Waals surface area contributed by atoms with E-state index in [0.717, 1.165) is 38.0 Å². The van der Waals surface area contributed by atoms with Crippen LogP contribution in [0.15, 0.2) is 0 Å². The first-order chi connectivity index (χ1) is 12.0. The Morgan fingerprint density at radius 3 is 2.40 bits per heavy atom.